The van der Waals surface area contributed by atoms with E-state index in [-0.39, 0.29) is 0 Å². The number of aromatic nitrogens is 2. The molecule has 0 N–H and O–H groups in total. The van der Waals surface area contributed by atoms with Gasteiger partial charge in [-0.25, -0.2) is 0 Å². The monoisotopic (exact) mass is 406 g/mol. The molecule has 4 nitrogen and oxygen atoms in total. The second-order valence-corrected chi connectivity index (χ2v) is 8.64. The Kier molecular flexibility index (Phi) is 5.28. The van der Waals surface area contributed by atoms with Crippen LogP contribution < -0.4 is 0 Å². The summed E-state index contributed by atoms with van der Waals surface area (Å²) >= 11 is 0. The highest BCUT2D eigenvalue weighted by Crippen LogP contribution is 2.34. The van der Waals surface area contributed by atoms with Crippen molar-refractivity contribution in [3.63, 3.8) is 0 Å². The zero-order valence-electron chi connectivity index (χ0n) is 17.8. The van der Waals surface area contributed by atoms with Gasteiger partial charge in [-0.15, -0.1) is 0 Å². The Hall–Kier alpha value is -3.42. The van der Waals surface area contributed by atoms with Crippen molar-refractivity contribution in [3.8, 4) is 28.3 Å². The molecule has 0 aliphatic carbocycles. The smallest absolute Gasteiger partial charge is 0.0991 e. The fraction of sp³-hybridized carbons (Fsp3) is 0.259. The Morgan fingerprint density at radius 3 is 2.68 bits per heavy atom. The van der Waals surface area contributed by atoms with Crippen LogP contribution in [-0.4, -0.2) is 34.6 Å². The molecule has 2 aromatic carbocycles. The van der Waals surface area contributed by atoms with Gasteiger partial charge in [0, 0.05) is 59.3 Å². The molecule has 4 aromatic rings. The van der Waals surface area contributed by atoms with Crippen molar-refractivity contribution in [2.24, 2.45) is 5.92 Å². The van der Waals surface area contributed by atoms with E-state index in [1.54, 1.807) is 0 Å². The van der Waals surface area contributed by atoms with E-state index < -0.39 is 0 Å². The summed E-state index contributed by atoms with van der Waals surface area (Å²) in [6.45, 7) is 3.33. The van der Waals surface area contributed by atoms with Gasteiger partial charge in [-0.05, 0) is 62.2 Å². The zero-order valence-corrected chi connectivity index (χ0v) is 17.8. The lowest BCUT2D eigenvalue weighted by Crippen LogP contribution is -2.33. The van der Waals surface area contributed by atoms with Crippen molar-refractivity contribution in [1.29, 1.82) is 5.26 Å². The van der Waals surface area contributed by atoms with Crippen molar-refractivity contribution < 1.29 is 0 Å². The number of nitrogens with zero attached hydrogens (tertiary/aromatic N) is 4. The first-order chi connectivity index (χ1) is 15.2. The summed E-state index contributed by atoms with van der Waals surface area (Å²) < 4.78 is 2.38. The van der Waals surface area contributed by atoms with E-state index in [1.807, 2.05) is 42.7 Å². The van der Waals surface area contributed by atoms with Gasteiger partial charge in [0.25, 0.3) is 0 Å². The number of fused-ring (bicyclic) bond motifs is 1. The Bertz CT molecular complexity index is 1250. The highest BCUT2D eigenvalue weighted by Gasteiger charge is 2.20. The van der Waals surface area contributed by atoms with Crippen molar-refractivity contribution >= 4 is 10.9 Å². The second-order valence-electron chi connectivity index (χ2n) is 8.64. The normalized spacial score (nSPS) is 17.0. The average molecular weight is 407 g/mol. The molecule has 1 unspecified atom stereocenters. The van der Waals surface area contributed by atoms with Crippen molar-refractivity contribution in [2.75, 3.05) is 20.1 Å². The fourth-order valence-corrected chi connectivity index (χ4v) is 4.82. The number of nitriles is 1. The summed E-state index contributed by atoms with van der Waals surface area (Å²) in [4.78, 5) is 6.97. The van der Waals surface area contributed by atoms with Crippen molar-refractivity contribution in [1.82, 2.24) is 14.5 Å². The molecule has 3 heterocycles. The Morgan fingerprint density at radius 2 is 1.87 bits per heavy atom. The van der Waals surface area contributed by atoms with E-state index in [4.69, 9.17) is 0 Å². The minimum atomic E-state index is 0.645. The van der Waals surface area contributed by atoms with E-state index in [9.17, 15) is 5.26 Å². The Labute approximate surface area is 183 Å². The van der Waals surface area contributed by atoms with Gasteiger partial charge >= 0.3 is 0 Å². The van der Waals surface area contributed by atoms with E-state index >= 15 is 0 Å². The molecule has 0 bridgehead atoms. The third kappa shape index (κ3) is 3.97. The van der Waals surface area contributed by atoms with Crippen LogP contribution in [0.5, 0.6) is 0 Å². The summed E-state index contributed by atoms with van der Waals surface area (Å²) in [6, 6.07) is 20.9. The second kappa shape index (κ2) is 8.37. The molecule has 1 atom stereocenters. The van der Waals surface area contributed by atoms with Crippen LogP contribution in [0.4, 0.5) is 0 Å². The molecular weight excluding hydrogens is 380 g/mol. The van der Waals surface area contributed by atoms with Gasteiger partial charge < -0.3 is 9.47 Å². The summed E-state index contributed by atoms with van der Waals surface area (Å²) in [5.74, 6) is 0.645. The lowest BCUT2D eigenvalue weighted by atomic mass is 9.98. The predicted molar refractivity (Wildman–Crippen MR) is 126 cm³/mol. The standard InChI is InChI=1S/C27H26N4/c1-30-11-5-6-21(17-30)18-31-19-26(25-12-20(14-28)9-10-27(25)31)24-13-23(15-29-16-24)22-7-3-2-4-8-22/h2-4,7-10,12-13,15-16,19,21H,5-6,11,17-18H2,1H3. The largest absolute Gasteiger partial charge is 0.347 e. The highest BCUT2D eigenvalue weighted by molar-refractivity contribution is 5.97. The zero-order chi connectivity index (χ0) is 21.2. The Balaban J connectivity index is 1.59. The third-order valence-corrected chi connectivity index (χ3v) is 6.34. The van der Waals surface area contributed by atoms with Crippen LogP contribution in [0, 0.1) is 17.2 Å². The molecule has 5 rings (SSSR count). The quantitative estimate of drug-likeness (QED) is 0.444. The number of hydrogen-bond acceptors (Lipinski definition) is 3. The van der Waals surface area contributed by atoms with Crippen LogP contribution in [0.2, 0.25) is 0 Å². The number of rotatable bonds is 4. The van der Waals surface area contributed by atoms with E-state index in [1.165, 1.54) is 24.9 Å². The molecule has 0 radical (unpaired) electrons. The first kappa shape index (κ1) is 19.5. The van der Waals surface area contributed by atoms with Crippen LogP contribution >= 0.6 is 0 Å². The highest BCUT2D eigenvalue weighted by atomic mass is 15.1. The van der Waals surface area contributed by atoms with Gasteiger partial charge in [-0.2, -0.15) is 5.26 Å². The molecule has 2 aromatic heterocycles. The van der Waals surface area contributed by atoms with Crippen LogP contribution in [0.25, 0.3) is 33.2 Å². The number of likely N-dealkylation sites (tertiary alicyclic amines) is 1. The molecule has 154 valence electrons. The first-order valence-electron chi connectivity index (χ1n) is 10.9. The molecule has 1 aliphatic heterocycles. The average Bonchev–Trinajstić information content (AvgIpc) is 3.17. The molecule has 1 fully saturated rings. The van der Waals surface area contributed by atoms with Crippen LogP contribution in [0.1, 0.15) is 18.4 Å². The SMILES string of the molecule is CN1CCCC(Cn2cc(-c3cncc(-c4ccccc4)c3)c3cc(C#N)ccc32)C1. The number of pyridine rings is 1. The molecule has 0 amide bonds. The van der Waals surface area contributed by atoms with Gasteiger partial charge in [0.1, 0.15) is 0 Å². The van der Waals surface area contributed by atoms with Crippen LogP contribution in [0.15, 0.2) is 73.2 Å². The minimum absolute atomic E-state index is 0.645. The number of piperidine rings is 1. The topological polar surface area (TPSA) is 44.9 Å². The van der Waals surface area contributed by atoms with Crippen LogP contribution in [0.3, 0.4) is 0 Å². The van der Waals surface area contributed by atoms with E-state index in [0.717, 1.165) is 40.7 Å². The third-order valence-electron chi connectivity index (χ3n) is 6.34. The van der Waals surface area contributed by atoms with Crippen LogP contribution in [-0.2, 0) is 6.54 Å². The van der Waals surface area contributed by atoms with Crippen molar-refractivity contribution in [2.45, 2.75) is 19.4 Å². The summed E-state index contributed by atoms with van der Waals surface area (Å²) in [7, 11) is 2.21. The maximum Gasteiger partial charge on any atom is 0.0991 e. The fourth-order valence-electron chi connectivity index (χ4n) is 4.82. The molecule has 1 aliphatic rings. The van der Waals surface area contributed by atoms with Gasteiger partial charge in [-0.1, -0.05) is 30.3 Å². The summed E-state index contributed by atoms with van der Waals surface area (Å²) in [5, 5.41) is 10.6. The maximum atomic E-state index is 9.47. The van der Waals surface area contributed by atoms with Gasteiger partial charge in [0.15, 0.2) is 0 Å². The first-order valence-corrected chi connectivity index (χ1v) is 10.9. The minimum Gasteiger partial charge on any atom is -0.347 e. The van der Waals surface area contributed by atoms with E-state index in [2.05, 4.69) is 58.0 Å². The van der Waals surface area contributed by atoms with Crippen molar-refractivity contribution in [3.05, 3.63) is 78.8 Å². The Morgan fingerprint density at radius 1 is 1.03 bits per heavy atom. The number of benzene rings is 2. The predicted octanol–water partition coefficient (Wildman–Crippen LogP) is 5.58. The maximum absolute atomic E-state index is 9.47. The lowest BCUT2D eigenvalue weighted by molar-refractivity contribution is 0.196. The lowest BCUT2D eigenvalue weighted by Gasteiger charge is -2.30. The molecule has 0 saturated carbocycles. The summed E-state index contributed by atoms with van der Waals surface area (Å²) in [6.07, 6.45) is 8.62. The number of hydrogen-bond donors (Lipinski definition) is 0. The van der Waals surface area contributed by atoms with Gasteiger partial charge in [-0.3, -0.25) is 4.98 Å². The molecule has 1 saturated heterocycles. The molecular formula is C27H26N4. The summed E-state index contributed by atoms with van der Waals surface area (Å²) in [5.41, 5.74) is 6.36. The molecule has 4 heteroatoms. The molecule has 0 spiro atoms. The van der Waals surface area contributed by atoms with Gasteiger partial charge in [0.05, 0.1) is 11.6 Å². The molecule has 31 heavy (non-hydrogen) atoms. The van der Waals surface area contributed by atoms with Gasteiger partial charge in [0.2, 0.25) is 0 Å². The van der Waals surface area contributed by atoms with E-state index in [0.29, 0.717) is 11.5 Å².